The molecule has 0 saturated carbocycles. The second-order valence-corrected chi connectivity index (χ2v) is 4.36. The van der Waals surface area contributed by atoms with Crippen LogP contribution in [0.15, 0.2) is 4.79 Å². The molecule has 1 N–H and O–H groups in total. The zero-order chi connectivity index (χ0) is 11.7. The molecule has 0 aromatic carbocycles. The lowest BCUT2D eigenvalue weighted by atomic mass is 10.1. The average molecular weight is 240 g/mol. The smallest absolute Gasteiger partial charge is 0.257 e. The number of alkyl halides is 1. The number of hydrogen-bond donors (Lipinski definition) is 1. The summed E-state index contributed by atoms with van der Waals surface area (Å²) in [4.78, 5) is 16.5. The molecule has 0 fully saturated rings. The van der Waals surface area contributed by atoms with Crippen molar-refractivity contribution in [1.82, 2.24) is 9.55 Å². The van der Waals surface area contributed by atoms with E-state index >= 15 is 0 Å². The quantitative estimate of drug-likeness (QED) is 0.795. The Morgan fingerprint density at radius 1 is 1.56 bits per heavy atom. The zero-order valence-electron chi connectivity index (χ0n) is 9.22. The van der Waals surface area contributed by atoms with Gasteiger partial charge in [-0.1, -0.05) is 0 Å². The van der Waals surface area contributed by atoms with Gasteiger partial charge in [0.05, 0.1) is 5.71 Å². The molecule has 5 heteroatoms. The molecule has 0 atom stereocenters. The Bertz CT molecular complexity index is 493. The van der Waals surface area contributed by atoms with Crippen molar-refractivity contribution in [3.05, 3.63) is 27.4 Å². The predicted octanol–water partition coefficient (Wildman–Crippen LogP) is 1.49. The van der Waals surface area contributed by atoms with Crippen LogP contribution in [0.2, 0.25) is 0 Å². The number of halogens is 1. The number of nitrogens with one attached hydrogen (secondary N) is 1. The SMILES string of the molecule is Cc1nc2n(c(=O)c1CCCl)CCCC2=N. The highest BCUT2D eigenvalue weighted by Crippen LogP contribution is 2.12. The summed E-state index contributed by atoms with van der Waals surface area (Å²) >= 11 is 5.67. The van der Waals surface area contributed by atoms with Crippen molar-refractivity contribution in [2.45, 2.75) is 32.7 Å². The minimum atomic E-state index is -0.0207. The molecule has 0 saturated heterocycles. The Morgan fingerprint density at radius 3 is 3.00 bits per heavy atom. The number of nitrogens with zero attached hydrogens (tertiary/aromatic N) is 2. The third-order valence-electron chi connectivity index (χ3n) is 2.89. The van der Waals surface area contributed by atoms with Crippen LogP contribution in [0.5, 0.6) is 0 Å². The van der Waals surface area contributed by atoms with Gasteiger partial charge in [0.1, 0.15) is 0 Å². The van der Waals surface area contributed by atoms with Gasteiger partial charge < -0.3 is 5.41 Å². The number of aryl methyl sites for hydroxylation is 1. The van der Waals surface area contributed by atoms with Gasteiger partial charge in [0.15, 0.2) is 5.82 Å². The van der Waals surface area contributed by atoms with Crippen LogP contribution in [0.1, 0.15) is 29.9 Å². The monoisotopic (exact) mass is 239 g/mol. The lowest BCUT2D eigenvalue weighted by molar-refractivity contribution is 0.581. The van der Waals surface area contributed by atoms with Crippen LogP contribution in [-0.2, 0) is 13.0 Å². The van der Waals surface area contributed by atoms with Gasteiger partial charge in [-0.15, -0.1) is 11.6 Å². The molecule has 4 nitrogen and oxygen atoms in total. The summed E-state index contributed by atoms with van der Waals surface area (Å²) in [5, 5.41) is 7.79. The minimum Gasteiger partial charge on any atom is -0.301 e. The normalized spacial score (nSPS) is 15.0. The highest BCUT2D eigenvalue weighted by atomic mass is 35.5. The molecule has 1 aromatic heterocycles. The second kappa shape index (κ2) is 4.37. The molecular formula is C11H14ClN3O. The Balaban J connectivity index is 2.62. The molecule has 2 rings (SSSR count). The molecular weight excluding hydrogens is 226 g/mol. The number of rotatable bonds is 2. The molecule has 0 bridgehead atoms. The summed E-state index contributed by atoms with van der Waals surface area (Å²) < 4.78 is 1.61. The number of fused-ring (bicyclic) bond motifs is 1. The zero-order valence-corrected chi connectivity index (χ0v) is 9.97. The Kier molecular flexibility index (Phi) is 3.10. The molecule has 86 valence electrons. The average Bonchev–Trinajstić information content (AvgIpc) is 2.26. The highest BCUT2D eigenvalue weighted by Gasteiger charge is 2.19. The van der Waals surface area contributed by atoms with Gasteiger partial charge >= 0.3 is 0 Å². The van der Waals surface area contributed by atoms with E-state index < -0.39 is 0 Å². The lowest BCUT2D eigenvalue weighted by Gasteiger charge is -2.19. The summed E-state index contributed by atoms with van der Waals surface area (Å²) in [5.74, 6) is 0.959. The standard InChI is InChI=1S/C11H14ClN3O/c1-7-8(4-5-12)11(16)15-6-2-3-9(13)10(15)14-7/h13H,2-6H2,1H3. The molecule has 0 spiro atoms. The minimum absolute atomic E-state index is 0.0207. The van der Waals surface area contributed by atoms with Crippen LogP contribution in [0.3, 0.4) is 0 Å². The van der Waals surface area contributed by atoms with E-state index in [9.17, 15) is 4.79 Å². The fraction of sp³-hybridized carbons (Fsp3) is 0.545. The summed E-state index contributed by atoms with van der Waals surface area (Å²) in [6, 6.07) is 0. The van der Waals surface area contributed by atoms with Crippen LogP contribution >= 0.6 is 11.6 Å². The van der Waals surface area contributed by atoms with Crippen molar-refractivity contribution < 1.29 is 0 Å². The summed E-state index contributed by atoms with van der Waals surface area (Å²) in [5.41, 5.74) is 1.84. The van der Waals surface area contributed by atoms with Crippen LogP contribution in [-0.4, -0.2) is 21.1 Å². The van der Waals surface area contributed by atoms with E-state index in [1.165, 1.54) is 0 Å². The fourth-order valence-corrected chi connectivity index (χ4v) is 2.24. The predicted molar refractivity (Wildman–Crippen MR) is 63.7 cm³/mol. The van der Waals surface area contributed by atoms with Crippen LogP contribution < -0.4 is 5.56 Å². The topological polar surface area (TPSA) is 58.7 Å². The van der Waals surface area contributed by atoms with Crippen molar-refractivity contribution in [3.8, 4) is 0 Å². The third kappa shape index (κ3) is 1.78. The van der Waals surface area contributed by atoms with Crippen molar-refractivity contribution in [2.75, 3.05) is 5.88 Å². The summed E-state index contributed by atoms with van der Waals surface area (Å²) in [7, 11) is 0. The second-order valence-electron chi connectivity index (χ2n) is 3.98. The van der Waals surface area contributed by atoms with Crippen molar-refractivity contribution in [1.29, 1.82) is 5.41 Å². The summed E-state index contributed by atoms with van der Waals surface area (Å²) in [6.07, 6.45) is 2.10. The maximum atomic E-state index is 12.1. The van der Waals surface area contributed by atoms with E-state index in [2.05, 4.69) is 4.98 Å². The van der Waals surface area contributed by atoms with Gasteiger partial charge in [0.25, 0.3) is 5.56 Å². The first-order valence-corrected chi connectivity index (χ1v) is 5.92. The van der Waals surface area contributed by atoms with Crippen molar-refractivity contribution in [2.24, 2.45) is 0 Å². The number of hydrogen-bond acceptors (Lipinski definition) is 3. The van der Waals surface area contributed by atoms with Gasteiger partial charge in [0.2, 0.25) is 0 Å². The van der Waals surface area contributed by atoms with Gasteiger partial charge in [-0.3, -0.25) is 9.36 Å². The van der Waals surface area contributed by atoms with Crippen LogP contribution in [0.25, 0.3) is 0 Å². The first-order valence-electron chi connectivity index (χ1n) is 5.39. The van der Waals surface area contributed by atoms with Gasteiger partial charge in [-0.25, -0.2) is 4.98 Å². The molecule has 1 aliphatic rings. The van der Waals surface area contributed by atoms with E-state index in [0.29, 0.717) is 48.1 Å². The maximum absolute atomic E-state index is 12.1. The summed E-state index contributed by atoms with van der Waals surface area (Å²) in [6.45, 7) is 2.48. The van der Waals surface area contributed by atoms with Crippen molar-refractivity contribution in [3.63, 3.8) is 0 Å². The molecule has 2 heterocycles. The first kappa shape index (κ1) is 11.3. The molecule has 1 aromatic rings. The first-order chi connectivity index (χ1) is 7.65. The van der Waals surface area contributed by atoms with E-state index in [-0.39, 0.29) is 5.56 Å². The van der Waals surface area contributed by atoms with Gasteiger partial charge in [-0.05, 0) is 26.2 Å². The maximum Gasteiger partial charge on any atom is 0.257 e. The molecule has 0 unspecified atom stereocenters. The lowest BCUT2D eigenvalue weighted by Crippen LogP contribution is -2.34. The molecule has 0 radical (unpaired) electrons. The molecule has 16 heavy (non-hydrogen) atoms. The van der Waals surface area contributed by atoms with Crippen LogP contribution in [0, 0.1) is 12.3 Å². The molecule has 0 aliphatic carbocycles. The van der Waals surface area contributed by atoms with E-state index in [1.807, 2.05) is 6.92 Å². The number of aromatic nitrogens is 2. The third-order valence-corrected chi connectivity index (χ3v) is 3.08. The Hall–Kier alpha value is -1.16. The molecule has 0 amide bonds. The van der Waals surface area contributed by atoms with E-state index in [0.717, 1.165) is 6.42 Å². The van der Waals surface area contributed by atoms with Crippen molar-refractivity contribution >= 4 is 17.3 Å². The Labute approximate surface area is 98.8 Å². The van der Waals surface area contributed by atoms with Crippen LogP contribution in [0.4, 0.5) is 0 Å². The van der Waals surface area contributed by atoms with Gasteiger partial charge in [-0.2, -0.15) is 0 Å². The van der Waals surface area contributed by atoms with E-state index in [4.69, 9.17) is 17.0 Å². The fourth-order valence-electron chi connectivity index (χ4n) is 2.05. The Morgan fingerprint density at radius 2 is 2.31 bits per heavy atom. The molecule has 1 aliphatic heterocycles. The van der Waals surface area contributed by atoms with E-state index in [1.54, 1.807) is 4.57 Å². The largest absolute Gasteiger partial charge is 0.301 e. The van der Waals surface area contributed by atoms with Gasteiger partial charge in [0, 0.05) is 23.7 Å². The highest BCUT2D eigenvalue weighted by molar-refractivity contribution is 6.18.